The summed E-state index contributed by atoms with van der Waals surface area (Å²) in [4.78, 5) is 5.65. The normalized spacial score (nSPS) is 34.9. The monoisotopic (exact) mass is 470 g/mol. The van der Waals surface area contributed by atoms with E-state index < -0.39 is 0 Å². The van der Waals surface area contributed by atoms with Crippen LogP contribution in [0.3, 0.4) is 0 Å². The Morgan fingerprint density at radius 1 is 0.500 bits per heavy atom. The highest BCUT2D eigenvalue weighted by Gasteiger charge is 2.39. The summed E-state index contributed by atoms with van der Waals surface area (Å²) in [5.74, 6) is 4.37. The first-order chi connectivity index (χ1) is 16.8. The Kier molecular flexibility index (Phi) is 8.58. The number of hydrogen-bond donors (Lipinski definition) is 0. The molecule has 4 atom stereocenters. The molecule has 2 saturated heterocycles. The molecule has 4 aliphatic heterocycles. The molecule has 0 unspecified atom stereocenters. The molecular formula is C30H50N2O2. The molecule has 0 aromatic heterocycles. The Balaban J connectivity index is 1.34. The molecule has 4 nitrogen and oxygen atoms in total. The van der Waals surface area contributed by atoms with E-state index in [1.54, 1.807) is 11.1 Å². The Morgan fingerprint density at radius 3 is 1.38 bits per heavy atom. The summed E-state index contributed by atoms with van der Waals surface area (Å²) in [6.45, 7) is 5.02. The predicted molar refractivity (Wildman–Crippen MR) is 140 cm³/mol. The first kappa shape index (κ1) is 24.7. The van der Waals surface area contributed by atoms with E-state index in [0.29, 0.717) is 12.1 Å². The molecule has 0 amide bonds. The first-order valence-electron chi connectivity index (χ1n) is 14.8. The van der Waals surface area contributed by atoms with Crippen LogP contribution in [-0.2, 0) is 9.47 Å². The molecular weight excluding hydrogens is 420 g/mol. The highest BCUT2D eigenvalue weighted by Crippen LogP contribution is 2.42. The zero-order valence-electron chi connectivity index (χ0n) is 22.2. The van der Waals surface area contributed by atoms with Crippen molar-refractivity contribution < 1.29 is 9.47 Å². The van der Waals surface area contributed by atoms with Gasteiger partial charge in [0.25, 0.3) is 0 Å². The third-order valence-electron chi connectivity index (χ3n) is 9.94. The van der Waals surface area contributed by atoms with E-state index in [0.717, 1.165) is 24.7 Å². The quantitative estimate of drug-likeness (QED) is 0.450. The maximum absolute atomic E-state index is 6.00. The molecule has 4 heterocycles. The molecule has 0 N–H and O–H groups in total. The fourth-order valence-electron chi connectivity index (χ4n) is 8.40. The van der Waals surface area contributed by atoms with Gasteiger partial charge in [-0.25, -0.2) is 0 Å². The lowest BCUT2D eigenvalue weighted by Gasteiger charge is -2.47. The van der Waals surface area contributed by atoms with Crippen LogP contribution in [0.4, 0.5) is 0 Å². The van der Waals surface area contributed by atoms with E-state index in [2.05, 4.69) is 9.80 Å². The fourth-order valence-corrected chi connectivity index (χ4v) is 8.40. The summed E-state index contributed by atoms with van der Waals surface area (Å²) in [6, 6.07) is 1.34. The van der Waals surface area contributed by atoms with Crippen LogP contribution in [0.15, 0.2) is 22.7 Å². The van der Waals surface area contributed by atoms with Crippen molar-refractivity contribution in [2.75, 3.05) is 40.4 Å². The highest BCUT2D eigenvalue weighted by molar-refractivity contribution is 5.23. The molecule has 34 heavy (non-hydrogen) atoms. The number of nitrogens with zero attached hydrogens (tertiary/aromatic N) is 2. The van der Waals surface area contributed by atoms with Crippen LogP contribution < -0.4 is 0 Å². The van der Waals surface area contributed by atoms with Crippen molar-refractivity contribution >= 4 is 0 Å². The smallest absolute Gasteiger partial charge is 0.0976 e. The van der Waals surface area contributed by atoms with Gasteiger partial charge in [-0.2, -0.15) is 0 Å². The molecule has 0 aromatic rings. The zero-order valence-corrected chi connectivity index (χ0v) is 22.2. The van der Waals surface area contributed by atoms with Crippen molar-refractivity contribution in [1.82, 2.24) is 9.80 Å². The van der Waals surface area contributed by atoms with Crippen LogP contribution in [0.25, 0.3) is 0 Å². The molecule has 5 aliphatic rings. The molecule has 1 aliphatic carbocycles. The topological polar surface area (TPSA) is 24.9 Å². The maximum atomic E-state index is 6.00. The Labute approximate surface area is 209 Å². The Morgan fingerprint density at radius 2 is 0.941 bits per heavy atom. The zero-order chi connectivity index (χ0) is 23.3. The van der Waals surface area contributed by atoms with E-state index in [9.17, 15) is 0 Å². The van der Waals surface area contributed by atoms with Gasteiger partial charge in [0.15, 0.2) is 0 Å². The lowest BCUT2D eigenvalue weighted by molar-refractivity contribution is 0.0772. The molecule has 0 aromatic carbocycles. The average molecular weight is 471 g/mol. The van der Waals surface area contributed by atoms with Crippen LogP contribution in [0.1, 0.15) is 103 Å². The molecule has 5 rings (SSSR count). The standard InChI is InChI=1S/C30H50N2O2/c1-33-27-17-21-31-19-9-13-23-11-6-4-8-16-26-28(34-2)18-22-32-20-10-14-24(30(26)32)12-5-3-7-15-25(27)29(23)31/h23-24,29-30H,3-22H2,1-2H3/t23-,24-,29+,30+/m0/s1. The molecule has 0 radical (unpaired) electrons. The highest BCUT2D eigenvalue weighted by atomic mass is 16.5. The molecule has 3 fully saturated rings. The van der Waals surface area contributed by atoms with Crippen molar-refractivity contribution in [2.24, 2.45) is 11.8 Å². The van der Waals surface area contributed by atoms with Gasteiger partial charge >= 0.3 is 0 Å². The number of hydrogen-bond acceptors (Lipinski definition) is 4. The van der Waals surface area contributed by atoms with Gasteiger partial charge in [-0.05, 0) is 100 Å². The summed E-state index contributed by atoms with van der Waals surface area (Å²) >= 11 is 0. The van der Waals surface area contributed by atoms with Crippen molar-refractivity contribution in [3.05, 3.63) is 22.7 Å². The van der Waals surface area contributed by atoms with E-state index in [4.69, 9.17) is 9.47 Å². The molecule has 0 bridgehead atoms. The van der Waals surface area contributed by atoms with E-state index in [1.807, 2.05) is 14.2 Å². The molecule has 192 valence electrons. The van der Waals surface area contributed by atoms with E-state index >= 15 is 0 Å². The third-order valence-corrected chi connectivity index (χ3v) is 9.94. The SMILES string of the molecule is COC1=C2CCCCC[C@H]3CCCN4CCC(OC)=C(CCCCC[C@H]5CCCN(CC1)[C@@H]25)[C@@H]34. The first-order valence-corrected chi connectivity index (χ1v) is 14.8. The van der Waals surface area contributed by atoms with Crippen LogP contribution in [0.5, 0.6) is 0 Å². The second-order valence-electron chi connectivity index (χ2n) is 11.8. The van der Waals surface area contributed by atoms with Gasteiger partial charge in [-0.1, -0.05) is 25.7 Å². The summed E-state index contributed by atoms with van der Waals surface area (Å²) in [7, 11) is 3.85. The van der Waals surface area contributed by atoms with Gasteiger partial charge < -0.3 is 9.47 Å². The van der Waals surface area contributed by atoms with Crippen molar-refractivity contribution in [3.63, 3.8) is 0 Å². The van der Waals surface area contributed by atoms with Gasteiger partial charge in [0.05, 0.1) is 25.7 Å². The van der Waals surface area contributed by atoms with Gasteiger partial charge in [0, 0.05) is 38.0 Å². The molecule has 1 saturated carbocycles. The minimum atomic E-state index is 0.669. The van der Waals surface area contributed by atoms with Crippen molar-refractivity contribution in [1.29, 1.82) is 0 Å². The van der Waals surface area contributed by atoms with Gasteiger partial charge in [-0.3, -0.25) is 9.80 Å². The molecule has 0 spiro atoms. The number of ether oxygens (including phenoxy) is 2. The summed E-state index contributed by atoms with van der Waals surface area (Å²) in [5.41, 5.74) is 3.38. The molecule has 4 heteroatoms. The lowest BCUT2D eigenvalue weighted by atomic mass is 9.75. The summed E-state index contributed by atoms with van der Waals surface area (Å²) in [6.07, 6.45) is 21.4. The Bertz CT molecular complexity index is 682. The minimum Gasteiger partial charge on any atom is -0.501 e. The second kappa shape index (κ2) is 11.8. The van der Waals surface area contributed by atoms with Crippen molar-refractivity contribution in [2.45, 2.75) is 115 Å². The van der Waals surface area contributed by atoms with Crippen LogP contribution >= 0.6 is 0 Å². The van der Waals surface area contributed by atoms with Gasteiger partial charge in [0.2, 0.25) is 0 Å². The maximum Gasteiger partial charge on any atom is 0.0976 e. The largest absolute Gasteiger partial charge is 0.501 e. The van der Waals surface area contributed by atoms with E-state index in [-0.39, 0.29) is 0 Å². The number of methoxy groups -OCH3 is 2. The predicted octanol–water partition coefficient (Wildman–Crippen LogP) is 6.67. The minimum absolute atomic E-state index is 0.669. The Hall–Kier alpha value is -1.00. The number of rotatable bonds is 2. The van der Waals surface area contributed by atoms with Crippen LogP contribution in [-0.4, -0.2) is 62.3 Å². The second-order valence-corrected chi connectivity index (χ2v) is 11.8. The average Bonchev–Trinajstić information content (AvgIpc) is 2.87. The van der Waals surface area contributed by atoms with E-state index in [1.165, 1.54) is 128 Å². The lowest BCUT2D eigenvalue weighted by Crippen LogP contribution is -2.49. The van der Waals surface area contributed by atoms with Crippen LogP contribution in [0.2, 0.25) is 0 Å². The van der Waals surface area contributed by atoms with Gasteiger partial charge in [-0.15, -0.1) is 0 Å². The van der Waals surface area contributed by atoms with Crippen LogP contribution in [0, 0.1) is 11.8 Å². The third kappa shape index (κ3) is 5.24. The summed E-state index contributed by atoms with van der Waals surface area (Å²) < 4.78 is 12.0. The number of piperidine rings is 2. The fraction of sp³-hybridized carbons (Fsp3) is 0.867. The van der Waals surface area contributed by atoms with Crippen molar-refractivity contribution in [3.8, 4) is 0 Å². The summed E-state index contributed by atoms with van der Waals surface area (Å²) in [5, 5.41) is 0. The van der Waals surface area contributed by atoms with Gasteiger partial charge in [0.1, 0.15) is 0 Å².